The Morgan fingerprint density at radius 3 is 2.46 bits per heavy atom. The van der Waals surface area contributed by atoms with Gasteiger partial charge in [0.1, 0.15) is 5.82 Å². The number of aryl methyl sites for hydroxylation is 1. The average molecular weight is 352 g/mol. The quantitative estimate of drug-likeness (QED) is 0.658. The monoisotopic (exact) mass is 351 g/mol. The van der Waals surface area contributed by atoms with E-state index in [1.807, 2.05) is 0 Å². The van der Waals surface area contributed by atoms with Crippen molar-refractivity contribution in [2.75, 3.05) is 6.61 Å². The summed E-state index contributed by atoms with van der Waals surface area (Å²) in [6.45, 7) is 4.22. The van der Waals surface area contributed by atoms with Crippen LogP contribution in [0.1, 0.15) is 49.4 Å². The van der Waals surface area contributed by atoms with E-state index >= 15 is 0 Å². The highest BCUT2D eigenvalue weighted by molar-refractivity contribution is 6.33. The van der Waals surface area contributed by atoms with Crippen molar-refractivity contribution in [3.63, 3.8) is 0 Å². The first-order valence-electron chi connectivity index (χ1n) is 7.07. The van der Waals surface area contributed by atoms with Crippen molar-refractivity contribution in [1.82, 2.24) is 4.98 Å². The number of ketones is 2. The number of halogens is 2. The number of rotatable bonds is 5. The summed E-state index contributed by atoms with van der Waals surface area (Å²) in [6.07, 6.45) is 0. The highest BCUT2D eigenvalue weighted by atomic mass is 35.5. The minimum absolute atomic E-state index is 0.0327. The molecule has 1 N–H and O–H groups in total. The third-order valence-electron chi connectivity index (χ3n) is 3.55. The lowest BCUT2D eigenvalue weighted by Gasteiger charge is -2.06. The Bertz CT molecular complexity index is 841. The first kappa shape index (κ1) is 17.9. The SMILES string of the molecule is CC(=O)c1c(C)[nH]c(C(=O)COC(=O)c2ccc(F)cc2Cl)c1C. The molecule has 0 saturated heterocycles. The average Bonchev–Trinajstić information content (AvgIpc) is 2.79. The number of hydrogen-bond donors (Lipinski definition) is 1. The Balaban J connectivity index is 2.12. The van der Waals surface area contributed by atoms with Gasteiger partial charge < -0.3 is 9.72 Å². The molecule has 0 aliphatic heterocycles. The van der Waals surface area contributed by atoms with Crippen molar-refractivity contribution in [2.45, 2.75) is 20.8 Å². The van der Waals surface area contributed by atoms with Gasteiger partial charge in [-0.3, -0.25) is 9.59 Å². The molecule has 0 radical (unpaired) electrons. The predicted molar refractivity (Wildman–Crippen MR) is 86.3 cm³/mol. The second-order valence-electron chi connectivity index (χ2n) is 5.30. The van der Waals surface area contributed by atoms with Crippen LogP contribution >= 0.6 is 11.6 Å². The van der Waals surface area contributed by atoms with Gasteiger partial charge in [-0.15, -0.1) is 0 Å². The number of carbonyl (C=O) groups excluding carboxylic acids is 3. The Hall–Kier alpha value is -2.47. The summed E-state index contributed by atoms with van der Waals surface area (Å²) in [4.78, 5) is 38.6. The molecular weight excluding hydrogens is 337 g/mol. The molecule has 5 nitrogen and oxygen atoms in total. The summed E-state index contributed by atoms with van der Waals surface area (Å²) in [5.74, 6) is -2.05. The zero-order chi connectivity index (χ0) is 18.0. The number of nitrogens with one attached hydrogen (secondary N) is 1. The van der Waals surface area contributed by atoms with Crippen molar-refractivity contribution in [1.29, 1.82) is 0 Å². The van der Waals surface area contributed by atoms with Crippen LogP contribution in [0.4, 0.5) is 4.39 Å². The second kappa shape index (κ2) is 6.97. The lowest BCUT2D eigenvalue weighted by Crippen LogP contribution is -2.16. The number of hydrogen-bond acceptors (Lipinski definition) is 4. The second-order valence-corrected chi connectivity index (χ2v) is 5.71. The summed E-state index contributed by atoms with van der Waals surface area (Å²) in [5.41, 5.74) is 1.73. The molecular formula is C17H15ClFNO4. The maximum atomic E-state index is 13.0. The van der Waals surface area contributed by atoms with Crippen LogP contribution in [-0.4, -0.2) is 29.1 Å². The van der Waals surface area contributed by atoms with Crippen LogP contribution < -0.4 is 0 Å². The van der Waals surface area contributed by atoms with Crippen molar-refractivity contribution in [3.05, 3.63) is 57.1 Å². The van der Waals surface area contributed by atoms with Crippen molar-refractivity contribution >= 4 is 29.1 Å². The first-order chi connectivity index (χ1) is 11.2. The number of ether oxygens (including phenoxy) is 1. The molecule has 0 amide bonds. The fourth-order valence-corrected chi connectivity index (χ4v) is 2.74. The third-order valence-corrected chi connectivity index (χ3v) is 3.87. The molecule has 2 rings (SSSR count). The third kappa shape index (κ3) is 3.54. The van der Waals surface area contributed by atoms with E-state index in [2.05, 4.69) is 4.98 Å². The maximum absolute atomic E-state index is 13.0. The van der Waals surface area contributed by atoms with Crippen LogP contribution in [0.25, 0.3) is 0 Å². The van der Waals surface area contributed by atoms with Gasteiger partial charge in [-0.25, -0.2) is 9.18 Å². The standard InChI is InChI=1S/C17H15ClFNO4/c1-8-15(10(3)21)9(2)20-16(8)14(22)7-24-17(23)12-5-4-11(19)6-13(12)18/h4-6,20H,7H2,1-3H3. The van der Waals surface area contributed by atoms with Crippen LogP contribution in [-0.2, 0) is 4.74 Å². The predicted octanol–water partition coefficient (Wildman–Crippen LogP) is 3.67. The van der Waals surface area contributed by atoms with Gasteiger partial charge in [0.25, 0.3) is 0 Å². The lowest BCUT2D eigenvalue weighted by molar-refractivity contribution is 0.0473. The van der Waals surface area contributed by atoms with E-state index in [1.165, 1.54) is 13.0 Å². The van der Waals surface area contributed by atoms with Crippen LogP contribution in [0.3, 0.4) is 0 Å². The molecule has 0 aliphatic carbocycles. The molecule has 24 heavy (non-hydrogen) atoms. The van der Waals surface area contributed by atoms with Crippen LogP contribution in [0.5, 0.6) is 0 Å². The topological polar surface area (TPSA) is 76.2 Å². The molecule has 0 saturated carbocycles. The van der Waals surface area contributed by atoms with E-state index in [-0.39, 0.29) is 22.1 Å². The van der Waals surface area contributed by atoms with Gasteiger partial charge >= 0.3 is 5.97 Å². The van der Waals surface area contributed by atoms with E-state index in [9.17, 15) is 18.8 Å². The summed E-state index contributed by atoms with van der Waals surface area (Å²) in [7, 11) is 0. The normalized spacial score (nSPS) is 10.5. The molecule has 2 aromatic rings. The number of aromatic nitrogens is 1. The lowest BCUT2D eigenvalue weighted by atomic mass is 10.1. The maximum Gasteiger partial charge on any atom is 0.340 e. The van der Waals surface area contributed by atoms with Gasteiger partial charge in [0.15, 0.2) is 12.4 Å². The van der Waals surface area contributed by atoms with E-state index < -0.39 is 24.2 Å². The van der Waals surface area contributed by atoms with Gasteiger partial charge in [-0.2, -0.15) is 0 Å². The van der Waals surface area contributed by atoms with Crippen molar-refractivity contribution < 1.29 is 23.5 Å². The molecule has 1 heterocycles. The Kier molecular flexibility index (Phi) is 5.19. The van der Waals surface area contributed by atoms with Gasteiger partial charge in [0.2, 0.25) is 5.78 Å². The molecule has 7 heteroatoms. The van der Waals surface area contributed by atoms with Crippen molar-refractivity contribution in [2.24, 2.45) is 0 Å². The Labute approximate surface area is 142 Å². The molecule has 0 unspecified atom stereocenters. The highest BCUT2D eigenvalue weighted by Gasteiger charge is 2.21. The minimum Gasteiger partial charge on any atom is -0.454 e. The first-order valence-corrected chi connectivity index (χ1v) is 7.45. The summed E-state index contributed by atoms with van der Waals surface area (Å²) in [6, 6.07) is 3.24. The Morgan fingerprint density at radius 1 is 1.25 bits per heavy atom. The number of benzene rings is 1. The summed E-state index contributed by atoms with van der Waals surface area (Å²) in [5, 5.41) is -0.0989. The molecule has 0 atom stereocenters. The molecule has 0 aliphatic rings. The summed E-state index contributed by atoms with van der Waals surface area (Å²) < 4.78 is 17.9. The van der Waals surface area contributed by atoms with Crippen LogP contribution in [0, 0.1) is 19.7 Å². The van der Waals surface area contributed by atoms with Gasteiger partial charge in [0.05, 0.1) is 16.3 Å². The molecule has 0 bridgehead atoms. The van der Waals surface area contributed by atoms with Gasteiger partial charge in [-0.1, -0.05) is 11.6 Å². The molecule has 0 spiro atoms. The number of H-pyrrole nitrogens is 1. The molecule has 126 valence electrons. The number of aromatic amines is 1. The Morgan fingerprint density at radius 2 is 1.92 bits per heavy atom. The van der Waals surface area contributed by atoms with E-state index in [0.717, 1.165) is 12.1 Å². The number of Topliss-reactive ketones (excluding diaryl/α,β-unsaturated/α-hetero) is 2. The zero-order valence-electron chi connectivity index (χ0n) is 13.3. The number of carbonyl (C=O) groups is 3. The molecule has 1 aromatic carbocycles. The smallest absolute Gasteiger partial charge is 0.340 e. The molecule has 1 aromatic heterocycles. The van der Waals surface area contributed by atoms with E-state index in [1.54, 1.807) is 13.8 Å². The van der Waals surface area contributed by atoms with E-state index in [4.69, 9.17) is 16.3 Å². The fourth-order valence-electron chi connectivity index (χ4n) is 2.49. The largest absolute Gasteiger partial charge is 0.454 e. The fraction of sp³-hybridized carbons (Fsp3) is 0.235. The van der Waals surface area contributed by atoms with E-state index in [0.29, 0.717) is 16.8 Å². The van der Waals surface area contributed by atoms with Gasteiger partial charge in [0, 0.05) is 11.3 Å². The zero-order valence-corrected chi connectivity index (χ0v) is 14.1. The highest BCUT2D eigenvalue weighted by Crippen LogP contribution is 2.20. The summed E-state index contributed by atoms with van der Waals surface area (Å²) >= 11 is 5.77. The van der Waals surface area contributed by atoms with Crippen molar-refractivity contribution in [3.8, 4) is 0 Å². The number of esters is 1. The van der Waals surface area contributed by atoms with Gasteiger partial charge in [-0.05, 0) is 44.5 Å². The minimum atomic E-state index is -0.832. The van der Waals surface area contributed by atoms with Crippen LogP contribution in [0.2, 0.25) is 5.02 Å². The van der Waals surface area contributed by atoms with Crippen LogP contribution in [0.15, 0.2) is 18.2 Å². The molecule has 0 fully saturated rings.